The number of rotatable bonds is 8. The van der Waals surface area contributed by atoms with Crippen LogP contribution in [0.3, 0.4) is 0 Å². The standard InChI is InChI=1S/C25H34N2O5/c1-5-20(24(28)30-6-2)19-11-14-27(15-12-19)25(29)31-16-13-22-18(4)32-23(26-22)21-10-8-7-9-17(21)3/h7-10,19-20H,5-6,11-16H2,1-4H3. The maximum atomic E-state index is 12.5. The molecule has 1 unspecified atom stereocenters. The third-order valence-electron chi connectivity index (χ3n) is 6.23. The number of nitrogens with zero attached hydrogens (tertiary/aromatic N) is 2. The largest absolute Gasteiger partial charge is 0.466 e. The Hall–Kier alpha value is -2.83. The van der Waals surface area contributed by atoms with Crippen molar-refractivity contribution >= 4 is 12.1 Å². The van der Waals surface area contributed by atoms with Crippen LogP contribution in [0.15, 0.2) is 28.7 Å². The molecule has 1 atom stereocenters. The van der Waals surface area contributed by atoms with Gasteiger partial charge in [0.05, 0.1) is 24.8 Å². The van der Waals surface area contributed by atoms with Gasteiger partial charge in [0, 0.05) is 25.1 Å². The molecule has 7 heteroatoms. The number of carbonyl (C=O) groups is 2. The Balaban J connectivity index is 1.47. The van der Waals surface area contributed by atoms with Crippen LogP contribution in [0.4, 0.5) is 4.79 Å². The lowest BCUT2D eigenvalue weighted by atomic mass is 9.83. The Bertz CT molecular complexity index is 915. The zero-order valence-electron chi connectivity index (χ0n) is 19.6. The normalized spacial score (nSPS) is 15.4. The van der Waals surface area contributed by atoms with E-state index in [0.29, 0.717) is 32.0 Å². The molecule has 32 heavy (non-hydrogen) atoms. The summed E-state index contributed by atoms with van der Waals surface area (Å²) in [6.45, 7) is 9.59. The van der Waals surface area contributed by atoms with Gasteiger partial charge < -0.3 is 18.8 Å². The Morgan fingerprint density at radius 3 is 2.53 bits per heavy atom. The topological polar surface area (TPSA) is 81.9 Å². The molecular formula is C25H34N2O5. The molecule has 3 rings (SSSR count). The number of hydrogen-bond acceptors (Lipinski definition) is 6. The quantitative estimate of drug-likeness (QED) is 0.539. The number of likely N-dealkylation sites (tertiary alicyclic amines) is 1. The van der Waals surface area contributed by atoms with Crippen molar-refractivity contribution < 1.29 is 23.5 Å². The van der Waals surface area contributed by atoms with Crippen molar-refractivity contribution in [2.75, 3.05) is 26.3 Å². The van der Waals surface area contributed by atoms with Crippen LogP contribution in [0.1, 0.15) is 50.1 Å². The zero-order valence-corrected chi connectivity index (χ0v) is 19.6. The molecule has 0 spiro atoms. The van der Waals surface area contributed by atoms with Crippen molar-refractivity contribution in [2.24, 2.45) is 11.8 Å². The first-order chi connectivity index (χ1) is 15.4. The van der Waals surface area contributed by atoms with Gasteiger partial charge in [0.2, 0.25) is 5.89 Å². The van der Waals surface area contributed by atoms with E-state index in [1.54, 1.807) is 4.90 Å². The smallest absolute Gasteiger partial charge is 0.409 e. The summed E-state index contributed by atoms with van der Waals surface area (Å²) in [4.78, 5) is 31.0. The minimum Gasteiger partial charge on any atom is -0.466 e. The summed E-state index contributed by atoms with van der Waals surface area (Å²) in [5.41, 5.74) is 2.87. The van der Waals surface area contributed by atoms with Gasteiger partial charge in [-0.3, -0.25) is 4.79 Å². The maximum absolute atomic E-state index is 12.5. The lowest BCUT2D eigenvalue weighted by Gasteiger charge is -2.34. The van der Waals surface area contributed by atoms with Gasteiger partial charge in [-0.15, -0.1) is 0 Å². The summed E-state index contributed by atoms with van der Waals surface area (Å²) >= 11 is 0. The van der Waals surface area contributed by atoms with Crippen molar-refractivity contribution in [3.8, 4) is 11.5 Å². The van der Waals surface area contributed by atoms with Crippen LogP contribution in [0.25, 0.3) is 11.5 Å². The third kappa shape index (κ3) is 5.69. The Kier molecular flexibility index (Phi) is 8.31. The molecular weight excluding hydrogens is 408 g/mol. The fourth-order valence-corrected chi connectivity index (χ4v) is 4.34. The number of aromatic nitrogens is 1. The van der Waals surface area contributed by atoms with E-state index in [4.69, 9.17) is 13.9 Å². The second kappa shape index (κ2) is 11.2. The van der Waals surface area contributed by atoms with E-state index >= 15 is 0 Å². The highest BCUT2D eigenvalue weighted by Gasteiger charge is 2.32. The van der Waals surface area contributed by atoms with E-state index in [0.717, 1.165) is 41.8 Å². The molecule has 1 aliphatic rings. The monoisotopic (exact) mass is 442 g/mol. The first-order valence-corrected chi connectivity index (χ1v) is 11.5. The van der Waals surface area contributed by atoms with Crippen LogP contribution in [-0.4, -0.2) is 48.2 Å². The van der Waals surface area contributed by atoms with Gasteiger partial charge in [-0.1, -0.05) is 25.1 Å². The molecule has 174 valence electrons. The number of esters is 1. The molecule has 0 bridgehead atoms. The molecule has 1 aromatic heterocycles. The molecule has 0 aliphatic carbocycles. The molecule has 7 nitrogen and oxygen atoms in total. The van der Waals surface area contributed by atoms with Crippen molar-refractivity contribution in [3.05, 3.63) is 41.3 Å². The van der Waals surface area contributed by atoms with Gasteiger partial charge >= 0.3 is 12.1 Å². The zero-order chi connectivity index (χ0) is 23.1. The van der Waals surface area contributed by atoms with E-state index in [-0.39, 0.29) is 30.5 Å². The predicted octanol–water partition coefficient (Wildman–Crippen LogP) is 4.94. The molecule has 0 saturated carbocycles. The van der Waals surface area contributed by atoms with Gasteiger partial charge in [0.15, 0.2) is 0 Å². The number of ether oxygens (including phenoxy) is 2. The predicted molar refractivity (Wildman–Crippen MR) is 121 cm³/mol. The van der Waals surface area contributed by atoms with Gasteiger partial charge in [-0.05, 0) is 57.6 Å². The summed E-state index contributed by atoms with van der Waals surface area (Å²) in [5.74, 6) is 1.37. The van der Waals surface area contributed by atoms with Crippen molar-refractivity contribution in [1.29, 1.82) is 0 Å². The average molecular weight is 443 g/mol. The van der Waals surface area contributed by atoms with Crippen molar-refractivity contribution in [3.63, 3.8) is 0 Å². The first-order valence-electron chi connectivity index (χ1n) is 11.5. The molecule has 2 heterocycles. The number of hydrogen-bond donors (Lipinski definition) is 0. The Labute approximate surface area is 190 Å². The maximum Gasteiger partial charge on any atom is 0.409 e. The lowest BCUT2D eigenvalue weighted by molar-refractivity contribution is -0.150. The fraction of sp³-hybridized carbons (Fsp3) is 0.560. The molecule has 1 saturated heterocycles. The van der Waals surface area contributed by atoms with Gasteiger partial charge in [0.1, 0.15) is 5.76 Å². The number of aryl methyl sites for hydroxylation is 2. The summed E-state index contributed by atoms with van der Waals surface area (Å²) < 4.78 is 16.5. The van der Waals surface area contributed by atoms with Crippen LogP contribution in [-0.2, 0) is 20.7 Å². The average Bonchev–Trinajstić information content (AvgIpc) is 3.15. The van der Waals surface area contributed by atoms with Gasteiger partial charge in [-0.2, -0.15) is 0 Å². The summed E-state index contributed by atoms with van der Waals surface area (Å²) in [6, 6.07) is 7.95. The van der Waals surface area contributed by atoms with E-state index in [1.807, 2.05) is 52.0 Å². The van der Waals surface area contributed by atoms with Crippen molar-refractivity contribution in [2.45, 2.75) is 53.4 Å². The summed E-state index contributed by atoms with van der Waals surface area (Å²) in [6.07, 6.45) is 2.52. The number of amides is 1. The molecule has 1 amide bonds. The van der Waals surface area contributed by atoms with Crippen molar-refractivity contribution in [1.82, 2.24) is 9.88 Å². The number of piperidine rings is 1. The highest BCUT2D eigenvalue weighted by molar-refractivity contribution is 5.73. The molecule has 1 fully saturated rings. The minimum atomic E-state index is -0.312. The van der Waals surface area contributed by atoms with Gasteiger partial charge in [0.25, 0.3) is 0 Å². The highest BCUT2D eigenvalue weighted by atomic mass is 16.6. The van der Waals surface area contributed by atoms with Crippen LogP contribution in [0.5, 0.6) is 0 Å². The molecule has 0 N–H and O–H groups in total. The number of carbonyl (C=O) groups excluding carboxylic acids is 2. The molecule has 1 aliphatic heterocycles. The minimum absolute atomic E-state index is 0.0919. The lowest BCUT2D eigenvalue weighted by Crippen LogP contribution is -2.42. The van der Waals surface area contributed by atoms with Crippen LogP contribution in [0, 0.1) is 25.7 Å². The van der Waals surface area contributed by atoms with E-state index < -0.39 is 0 Å². The molecule has 2 aromatic rings. The highest BCUT2D eigenvalue weighted by Crippen LogP contribution is 2.29. The van der Waals surface area contributed by atoms with E-state index in [9.17, 15) is 9.59 Å². The SMILES string of the molecule is CCOC(=O)C(CC)C1CCN(C(=O)OCCc2nc(-c3ccccc3C)oc2C)CC1. The number of benzene rings is 1. The Morgan fingerprint density at radius 2 is 1.88 bits per heavy atom. The second-order valence-corrected chi connectivity index (χ2v) is 8.29. The van der Waals surface area contributed by atoms with E-state index in [1.165, 1.54) is 0 Å². The van der Waals surface area contributed by atoms with E-state index in [2.05, 4.69) is 4.98 Å². The summed E-state index contributed by atoms with van der Waals surface area (Å²) in [5, 5.41) is 0. The molecule has 1 aromatic carbocycles. The first kappa shape index (κ1) is 23.8. The van der Waals surface area contributed by atoms with Crippen LogP contribution >= 0.6 is 0 Å². The second-order valence-electron chi connectivity index (χ2n) is 8.29. The fourth-order valence-electron chi connectivity index (χ4n) is 4.34. The third-order valence-corrected chi connectivity index (χ3v) is 6.23. The van der Waals surface area contributed by atoms with Crippen LogP contribution < -0.4 is 0 Å². The number of oxazole rings is 1. The summed E-state index contributed by atoms with van der Waals surface area (Å²) in [7, 11) is 0. The Morgan fingerprint density at radius 1 is 1.16 bits per heavy atom. The molecule has 0 radical (unpaired) electrons. The van der Waals surface area contributed by atoms with Crippen LogP contribution in [0.2, 0.25) is 0 Å². The van der Waals surface area contributed by atoms with Gasteiger partial charge in [-0.25, -0.2) is 9.78 Å².